The second-order valence-corrected chi connectivity index (χ2v) is 93.4. The molecule has 0 N–H and O–H groups in total. The third kappa shape index (κ3) is 5.21. The van der Waals surface area contributed by atoms with Crippen LogP contribution in [-0.2, 0) is 0 Å². The quantitative estimate of drug-likeness (QED) is 0.215. The molecule has 2 fully saturated rings. The van der Waals surface area contributed by atoms with E-state index < -0.39 is 51.1 Å². The maximum absolute atomic E-state index is 3.42. The van der Waals surface area contributed by atoms with Crippen LogP contribution in [0.3, 0.4) is 0 Å². The molecule has 0 unspecified atom stereocenters. The summed E-state index contributed by atoms with van der Waals surface area (Å²) in [5.41, 5.74) is 1.90. The summed E-state index contributed by atoms with van der Waals surface area (Å²) in [5.74, 6) is 0. The van der Waals surface area contributed by atoms with Crippen molar-refractivity contribution >= 4 is 59.6 Å². The van der Waals surface area contributed by atoms with E-state index in [4.69, 9.17) is 0 Å². The second-order valence-electron chi connectivity index (χ2n) is 17.1. The smallest absolute Gasteiger partial charge is 0.165 e. The molecular weight excluding hydrogens is 565 g/mol. The third-order valence-electron chi connectivity index (χ3n) is 10.5. The minimum Gasteiger partial charge on any atom is -0.317 e. The van der Waals surface area contributed by atoms with E-state index in [1.54, 1.807) is 0 Å². The molecule has 0 atom stereocenters. The normalized spacial score (nSPS) is 20.8. The molecule has 0 saturated carbocycles. The molecule has 0 aliphatic carbocycles. The molecule has 2 nitrogen and oxygen atoms in total. The zero-order valence-electron chi connectivity index (χ0n) is 27.7. The molecule has 2 saturated heterocycles. The molecule has 36 heavy (non-hydrogen) atoms. The monoisotopic (exact) mass is 630 g/mol. The molecule has 2 radical (unpaired) electrons. The van der Waals surface area contributed by atoms with Crippen LogP contribution in [0.2, 0.25) is 89.6 Å². The van der Waals surface area contributed by atoms with Crippen LogP contribution in [0, 0.1) is 0 Å². The van der Waals surface area contributed by atoms with Crippen molar-refractivity contribution in [1.29, 1.82) is 0 Å². The van der Waals surface area contributed by atoms with Crippen LogP contribution < -0.4 is 0 Å². The largest absolute Gasteiger partial charge is 0.317 e. The molecule has 0 spiro atoms. The van der Waals surface area contributed by atoms with Crippen molar-refractivity contribution in [1.82, 2.24) is 9.13 Å². The van der Waals surface area contributed by atoms with Crippen LogP contribution in [0.5, 0.6) is 0 Å². The first-order chi connectivity index (χ1) is 16.1. The van der Waals surface area contributed by atoms with Crippen LogP contribution in [-0.4, -0.2) is 94.9 Å². The van der Waals surface area contributed by atoms with Gasteiger partial charge in [0, 0.05) is 37.0 Å². The molecule has 2 heterocycles. The van der Waals surface area contributed by atoms with E-state index in [2.05, 4.69) is 115 Å². The van der Waals surface area contributed by atoms with E-state index in [1.807, 2.05) is 0 Å². The van der Waals surface area contributed by atoms with E-state index in [0.29, 0.717) is 0 Å². The number of nitrogens with zero attached hydrogens (tertiary/aromatic N) is 2. The summed E-state index contributed by atoms with van der Waals surface area (Å²) in [5, 5.41) is 0. The minimum atomic E-state index is -1.87. The maximum atomic E-state index is 3.42. The zero-order chi connectivity index (χ0) is 28.2. The topological polar surface area (TPSA) is 6.48 Å². The Morgan fingerprint density at radius 1 is 0.472 bits per heavy atom. The average Bonchev–Trinajstić information content (AvgIpc) is 3.33. The standard InChI is InChI=1S/C26H66N2Si8/c1-25(2)34(30(5,6)7,31(8,9)10)29-36(27-21-17-18-22-27,28-23-19-20-24-28)35(26(3)4,32(11,12)13)33(14,15)16/h25-26H,17-24H2,1-16H3. The Labute approximate surface area is 236 Å². The molecule has 0 amide bonds. The Kier molecular flexibility index (Phi) is 10.5. The number of rotatable bonds is 11. The van der Waals surface area contributed by atoms with Gasteiger partial charge in [0.1, 0.15) is 0 Å². The summed E-state index contributed by atoms with van der Waals surface area (Å²) in [4.78, 5) is 0. The van der Waals surface area contributed by atoms with Gasteiger partial charge in [-0.3, -0.25) is 0 Å². The van der Waals surface area contributed by atoms with Gasteiger partial charge in [-0.05, 0) is 51.9 Å². The summed E-state index contributed by atoms with van der Waals surface area (Å²) in [6.07, 6.45) is 5.90. The van der Waals surface area contributed by atoms with Crippen LogP contribution in [0.1, 0.15) is 53.4 Å². The Morgan fingerprint density at radius 2 is 0.778 bits per heavy atom. The molecule has 0 aromatic heterocycles. The Morgan fingerprint density at radius 3 is 0.972 bits per heavy atom. The fraction of sp³-hybridized carbons (Fsp3) is 1.00. The zero-order valence-corrected chi connectivity index (χ0v) is 35.7. The summed E-state index contributed by atoms with van der Waals surface area (Å²) in [7, 11) is -5.99. The van der Waals surface area contributed by atoms with Crippen molar-refractivity contribution in [3.63, 3.8) is 0 Å². The lowest BCUT2D eigenvalue weighted by Crippen LogP contribution is -3.00. The summed E-state index contributed by atoms with van der Waals surface area (Å²) < 4.78 is 6.84. The van der Waals surface area contributed by atoms with Crippen LogP contribution in [0.25, 0.3) is 0 Å². The van der Waals surface area contributed by atoms with Crippen LogP contribution >= 0.6 is 0 Å². The molecule has 0 aromatic carbocycles. The Hall–Kier alpha value is 1.66. The molecule has 212 valence electrons. The molecule has 2 aliphatic rings. The molecule has 10 heteroatoms. The van der Waals surface area contributed by atoms with Gasteiger partial charge < -0.3 is 9.13 Å². The van der Waals surface area contributed by atoms with Crippen molar-refractivity contribution < 1.29 is 0 Å². The van der Waals surface area contributed by atoms with E-state index in [-0.39, 0.29) is 0 Å². The first-order valence-corrected chi connectivity index (χ1v) is 43.4. The second kappa shape index (κ2) is 11.1. The first kappa shape index (κ1) is 33.9. The predicted octanol–water partition coefficient (Wildman–Crippen LogP) is 7.78. The molecule has 0 bridgehead atoms. The highest BCUT2D eigenvalue weighted by atomic mass is 30.2. The van der Waals surface area contributed by atoms with E-state index >= 15 is 0 Å². The summed E-state index contributed by atoms with van der Waals surface area (Å²) >= 11 is 0. The Balaban J connectivity index is 3.19. The third-order valence-corrected chi connectivity index (χ3v) is 161. The number of hydrogen-bond donors (Lipinski definition) is 0. The summed E-state index contributed by atoms with van der Waals surface area (Å²) in [6, 6.07) is 0. The predicted molar refractivity (Wildman–Crippen MR) is 188 cm³/mol. The lowest BCUT2D eigenvalue weighted by molar-refractivity contribution is 0.430. The van der Waals surface area contributed by atoms with Crippen molar-refractivity contribution in [3.05, 3.63) is 0 Å². The fourth-order valence-corrected chi connectivity index (χ4v) is 250. The van der Waals surface area contributed by atoms with Gasteiger partial charge in [0.05, 0.1) is 15.2 Å². The first-order valence-electron chi connectivity index (χ1n) is 15.3. The van der Waals surface area contributed by atoms with Crippen molar-refractivity contribution in [2.24, 2.45) is 0 Å². The van der Waals surface area contributed by atoms with E-state index in [1.165, 1.54) is 60.4 Å². The van der Waals surface area contributed by atoms with Gasteiger partial charge in [0.2, 0.25) is 0 Å². The average molecular weight is 632 g/mol. The minimum absolute atomic E-state index is 0.943. The van der Waals surface area contributed by atoms with Gasteiger partial charge in [-0.1, -0.05) is 117 Å². The van der Waals surface area contributed by atoms with Crippen molar-refractivity contribution in [3.8, 4) is 0 Å². The van der Waals surface area contributed by atoms with Gasteiger partial charge in [-0.15, -0.1) is 0 Å². The highest BCUT2D eigenvalue weighted by Gasteiger charge is 2.76. The van der Waals surface area contributed by atoms with Gasteiger partial charge in [0.15, 0.2) is 7.43 Å². The van der Waals surface area contributed by atoms with E-state index in [9.17, 15) is 0 Å². The van der Waals surface area contributed by atoms with Gasteiger partial charge >= 0.3 is 0 Å². The molecule has 2 rings (SSSR count). The molecule has 0 aromatic rings. The maximum Gasteiger partial charge on any atom is 0.165 e. The van der Waals surface area contributed by atoms with Gasteiger partial charge in [0.25, 0.3) is 0 Å². The highest BCUT2D eigenvalue weighted by molar-refractivity contribution is 8.04. The van der Waals surface area contributed by atoms with Gasteiger partial charge in [-0.25, -0.2) is 0 Å². The van der Waals surface area contributed by atoms with Crippen LogP contribution in [0.4, 0.5) is 0 Å². The summed E-state index contributed by atoms with van der Waals surface area (Å²) in [6.45, 7) is 48.3. The van der Waals surface area contributed by atoms with Crippen molar-refractivity contribution in [2.45, 2.75) is 143 Å². The lowest BCUT2D eigenvalue weighted by atomic mass is 10.4. The SMILES string of the molecule is CC(C)[Si]([Si][Si](N1CCCC1)(N1CCCC1)[Si](C(C)C)([Si](C)(C)C)[Si](C)(C)C)([Si](C)(C)C)[Si](C)(C)C. The van der Waals surface area contributed by atoms with Gasteiger partial charge in [-0.2, -0.15) is 0 Å². The Bertz CT molecular complexity index is 687. The fourth-order valence-electron chi connectivity index (χ4n) is 11.0. The number of hydrogen-bond acceptors (Lipinski definition) is 2. The highest BCUT2D eigenvalue weighted by Crippen LogP contribution is 2.51. The molecular formula is C26H66N2Si8. The van der Waals surface area contributed by atoms with E-state index in [0.717, 1.165) is 11.1 Å². The van der Waals surface area contributed by atoms with Crippen molar-refractivity contribution in [2.75, 3.05) is 26.2 Å². The lowest BCUT2D eigenvalue weighted by Gasteiger charge is -2.70. The van der Waals surface area contributed by atoms with Crippen LogP contribution in [0.15, 0.2) is 0 Å². The molecule has 2 aliphatic heterocycles.